The lowest BCUT2D eigenvalue weighted by Gasteiger charge is -2.00. The molecular weight excluding hydrogens is 200 g/mol. The molecule has 1 atom stereocenters. The van der Waals surface area contributed by atoms with Crippen molar-refractivity contribution < 1.29 is 14.4 Å². The van der Waals surface area contributed by atoms with E-state index in [1.807, 2.05) is 0 Å². The molecule has 0 saturated heterocycles. The third kappa shape index (κ3) is 3.00. The van der Waals surface area contributed by atoms with Crippen LogP contribution >= 0.6 is 0 Å². The average molecular weight is 214 g/mol. The second-order valence-electron chi connectivity index (χ2n) is 2.91. The highest BCUT2D eigenvalue weighted by atomic mass is 16.5. The Hall–Kier alpha value is -1.47. The SMILES string of the molecule is CCNC(=O)c1noc(C(O)CCN)n1. The molecule has 1 amide bonds. The summed E-state index contributed by atoms with van der Waals surface area (Å²) in [6.07, 6.45) is -0.595. The molecule has 0 aliphatic rings. The maximum absolute atomic E-state index is 11.2. The number of aromatic nitrogens is 2. The number of nitrogens with one attached hydrogen (secondary N) is 1. The highest BCUT2D eigenvalue weighted by molar-refractivity contribution is 5.90. The molecule has 0 bridgehead atoms. The van der Waals surface area contributed by atoms with E-state index < -0.39 is 12.0 Å². The number of aliphatic hydroxyl groups excluding tert-OH is 1. The molecule has 4 N–H and O–H groups in total. The minimum absolute atomic E-state index is 0.0155. The summed E-state index contributed by atoms with van der Waals surface area (Å²) in [5.41, 5.74) is 5.25. The van der Waals surface area contributed by atoms with Crippen molar-refractivity contribution in [1.29, 1.82) is 0 Å². The Bertz CT molecular complexity index is 325. The van der Waals surface area contributed by atoms with Crippen LogP contribution in [0.3, 0.4) is 0 Å². The summed E-state index contributed by atoms with van der Waals surface area (Å²) < 4.78 is 4.72. The number of nitrogens with zero attached hydrogens (tertiary/aromatic N) is 2. The molecule has 0 saturated carbocycles. The molecule has 0 spiro atoms. The smallest absolute Gasteiger partial charge is 0.292 e. The fraction of sp³-hybridized carbons (Fsp3) is 0.625. The van der Waals surface area contributed by atoms with Gasteiger partial charge in [0, 0.05) is 6.54 Å². The Balaban J connectivity index is 2.67. The first kappa shape index (κ1) is 11.6. The summed E-state index contributed by atoms with van der Waals surface area (Å²) >= 11 is 0. The molecule has 0 fully saturated rings. The molecule has 0 radical (unpaired) electrons. The first-order valence-electron chi connectivity index (χ1n) is 4.69. The number of hydrogen-bond donors (Lipinski definition) is 3. The predicted molar refractivity (Wildman–Crippen MR) is 50.9 cm³/mol. The van der Waals surface area contributed by atoms with E-state index in [0.717, 1.165) is 0 Å². The minimum atomic E-state index is -0.911. The van der Waals surface area contributed by atoms with E-state index >= 15 is 0 Å². The lowest BCUT2D eigenvalue weighted by atomic mass is 10.2. The molecule has 84 valence electrons. The van der Waals surface area contributed by atoms with E-state index in [0.29, 0.717) is 19.5 Å². The van der Waals surface area contributed by atoms with Gasteiger partial charge in [-0.2, -0.15) is 4.98 Å². The van der Waals surface area contributed by atoms with Gasteiger partial charge < -0.3 is 20.7 Å². The molecule has 0 aliphatic heterocycles. The van der Waals surface area contributed by atoms with Crippen molar-refractivity contribution >= 4 is 5.91 Å². The number of rotatable bonds is 5. The summed E-state index contributed by atoms with van der Waals surface area (Å²) in [7, 11) is 0. The van der Waals surface area contributed by atoms with Gasteiger partial charge in [0.15, 0.2) is 0 Å². The second kappa shape index (κ2) is 5.42. The van der Waals surface area contributed by atoms with E-state index in [1.165, 1.54) is 0 Å². The largest absolute Gasteiger partial charge is 0.383 e. The normalized spacial score (nSPS) is 12.5. The molecule has 1 rings (SSSR count). The van der Waals surface area contributed by atoms with Crippen LogP contribution in [0.5, 0.6) is 0 Å². The van der Waals surface area contributed by atoms with Gasteiger partial charge in [0.05, 0.1) is 0 Å². The van der Waals surface area contributed by atoms with E-state index in [9.17, 15) is 9.90 Å². The summed E-state index contributed by atoms with van der Waals surface area (Å²) in [5, 5.41) is 15.4. The maximum Gasteiger partial charge on any atom is 0.292 e. The number of carbonyl (C=O) groups is 1. The van der Waals surface area contributed by atoms with Crippen molar-refractivity contribution in [3.05, 3.63) is 11.7 Å². The quantitative estimate of drug-likeness (QED) is 0.591. The molecule has 0 aliphatic carbocycles. The van der Waals surface area contributed by atoms with Crippen LogP contribution in [0.4, 0.5) is 0 Å². The molecule has 15 heavy (non-hydrogen) atoms. The summed E-state index contributed by atoms with van der Waals surface area (Å²) in [6, 6.07) is 0. The van der Waals surface area contributed by atoms with Gasteiger partial charge in [-0.1, -0.05) is 5.16 Å². The van der Waals surface area contributed by atoms with Gasteiger partial charge in [-0.25, -0.2) is 0 Å². The Kier molecular flexibility index (Phi) is 4.19. The molecule has 0 aromatic carbocycles. The first-order chi connectivity index (χ1) is 7.19. The zero-order chi connectivity index (χ0) is 11.3. The predicted octanol–water partition coefficient (Wildman–Crippen LogP) is -0.798. The lowest BCUT2D eigenvalue weighted by Crippen LogP contribution is -2.23. The summed E-state index contributed by atoms with van der Waals surface area (Å²) in [6.45, 7) is 2.57. The molecule has 7 heteroatoms. The molecule has 7 nitrogen and oxygen atoms in total. The van der Waals surface area contributed by atoms with E-state index in [-0.39, 0.29) is 11.7 Å². The van der Waals surface area contributed by atoms with Gasteiger partial charge in [-0.05, 0) is 19.9 Å². The van der Waals surface area contributed by atoms with Gasteiger partial charge in [0.25, 0.3) is 17.6 Å². The van der Waals surface area contributed by atoms with Crippen molar-refractivity contribution in [2.24, 2.45) is 5.73 Å². The van der Waals surface area contributed by atoms with Crippen molar-refractivity contribution in [1.82, 2.24) is 15.5 Å². The van der Waals surface area contributed by atoms with Crippen LogP contribution in [0.2, 0.25) is 0 Å². The zero-order valence-electron chi connectivity index (χ0n) is 8.43. The maximum atomic E-state index is 11.2. The van der Waals surface area contributed by atoms with Gasteiger partial charge >= 0.3 is 0 Å². The van der Waals surface area contributed by atoms with Crippen molar-refractivity contribution in [2.75, 3.05) is 13.1 Å². The van der Waals surface area contributed by atoms with Gasteiger partial charge in [0.2, 0.25) is 0 Å². The lowest BCUT2D eigenvalue weighted by molar-refractivity contribution is 0.0942. The van der Waals surface area contributed by atoms with Crippen LogP contribution < -0.4 is 11.1 Å². The third-order valence-corrected chi connectivity index (χ3v) is 1.71. The molecule has 1 heterocycles. The van der Waals surface area contributed by atoms with Crippen LogP contribution in [-0.4, -0.2) is 34.2 Å². The van der Waals surface area contributed by atoms with Crippen LogP contribution in [0, 0.1) is 0 Å². The van der Waals surface area contributed by atoms with E-state index in [2.05, 4.69) is 15.5 Å². The van der Waals surface area contributed by atoms with Crippen LogP contribution in [0.1, 0.15) is 36.0 Å². The van der Waals surface area contributed by atoms with Crippen LogP contribution in [0.15, 0.2) is 4.52 Å². The number of hydrogen-bond acceptors (Lipinski definition) is 6. The monoisotopic (exact) mass is 214 g/mol. The Morgan fingerprint density at radius 3 is 3.07 bits per heavy atom. The van der Waals surface area contributed by atoms with Crippen LogP contribution in [0.25, 0.3) is 0 Å². The third-order valence-electron chi connectivity index (χ3n) is 1.71. The molecule has 1 unspecified atom stereocenters. The minimum Gasteiger partial charge on any atom is -0.383 e. The Labute approximate surface area is 86.7 Å². The highest BCUT2D eigenvalue weighted by Gasteiger charge is 2.18. The molecule has 1 aromatic rings. The van der Waals surface area contributed by atoms with Crippen molar-refractivity contribution in [3.8, 4) is 0 Å². The number of aliphatic hydroxyl groups is 1. The topological polar surface area (TPSA) is 114 Å². The zero-order valence-corrected chi connectivity index (χ0v) is 8.43. The highest BCUT2D eigenvalue weighted by Crippen LogP contribution is 2.12. The molecular formula is C8H14N4O3. The average Bonchev–Trinajstić information content (AvgIpc) is 2.67. The van der Waals surface area contributed by atoms with Crippen LogP contribution in [-0.2, 0) is 0 Å². The first-order valence-corrected chi connectivity index (χ1v) is 4.69. The number of carbonyl (C=O) groups excluding carboxylic acids is 1. The second-order valence-corrected chi connectivity index (χ2v) is 2.91. The standard InChI is InChI=1S/C8H14N4O3/c1-2-10-7(14)6-11-8(15-12-6)5(13)3-4-9/h5,13H,2-4,9H2,1H3,(H,10,14). The Morgan fingerprint density at radius 2 is 2.47 bits per heavy atom. The van der Waals surface area contributed by atoms with Crippen molar-refractivity contribution in [3.63, 3.8) is 0 Å². The fourth-order valence-corrected chi connectivity index (χ4v) is 0.984. The van der Waals surface area contributed by atoms with Gasteiger partial charge in [0.1, 0.15) is 6.10 Å². The fourth-order valence-electron chi connectivity index (χ4n) is 0.984. The number of amides is 1. The molecule has 1 aromatic heterocycles. The summed E-state index contributed by atoms with van der Waals surface area (Å²) in [4.78, 5) is 15.0. The number of nitrogens with two attached hydrogens (primary N) is 1. The van der Waals surface area contributed by atoms with Crippen molar-refractivity contribution in [2.45, 2.75) is 19.4 Å². The van der Waals surface area contributed by atoms with E-state index in [1.54, 1.807) is 6.92 Å². The summed E-state index contributed by atoms with van der Waals surface area (Å²) in [5.74, 6) is -0.489. The Morgan fingerprint density at radius 1 is 1.73 bits per heavy atom. The van der Waals surface area contributed by atoms with Gasteiger partial charge in [-0.3, -0.25) is 4.79 Å². The van der Waals surface area contributed by atoms with E-state index in [4.69, 9.17) is 10.3 Å². The van der Waals surface area contributed by atoms with Gasteiger partial charge in [-0.15, -0.1) is 0 Å².